The third-order valence-corrected chi connectivity index (χ3v) is 6.89. The largest absolute Gasteiger partial charge is 0.495 e. The lowest BCUT2D eigenvalue weighted by Crippen LogP contribution is -2.68. The molecule has 1 aromatic carbocycles. The Kier molecular flexibility index (Phi) is 7.35. The van der Waals surface area contributed by atoms with Crippen LogP contribution in [0.2, 0.25) is 0 Å². The van der Waals surface area contributed by atoms with Crippen molar-refractivity contribution in [2.24, 2.45) is 11.7 Å². The molecule has 1 unspecified atom stereocenters. The molecule has 3 N–H and O–H groups in total. The number of rotatable bonds is 8. The Morgan fingerprint density at radius 2 is 1.86 bits per heavy atom. The van der Waals surface area contributed by atoms with E-state index in [4.69, 9.17) is 15.2 Å². The highest BCUT2D eigenvalue weighted by Gasteiger charge is 2.60. The van der Waals surface area contributed by atoms with E-state index < -0.39 is 42.7 Å². The minimum Gasteiger partial charge on any atom is -0.495 e. The topological polar surface area (TPSA) is 136 Å². The van der Waals surface area contributed by atoms with Crippen molar-refractivity contribution in [1.29, 1.82) is 0 Å². The van der Waals surface area contributed by atoms with Crippen LogP contribution < -0.4 is 10.5 Å². The van der Waals surface area contributed by atoms with Gasteiger partial charge in [0.1, 0.15) is 12.3 Å². The average Bonchev–Trinajstić information content (AvgIpc) is 2.67. The molecule has 10 nitrogen and oxygen atoms in total. The summed E-state index contributed by atoms with van der Waals surface area (Å²) in [4.78, 5) is 26.6. The second-order valence-corrected chi connectivity index (χ2v) is 9.07. The first-order chi connectivity index (χ1) is 13.6. The predicted octanol–water partition coefficient (Wildman–Crippen LogP) is -0.0414. The minimum atomic E-state index is -4.82. The van der Waals surface area contributed by atoms with E-state index in [9.17, 15) is 23.2 Å². The number of quaternary nitrogens is 1. The molecule has 0 spiro atoms. The summed E-state index contributed by atoms with van der Waals surface area (Å²) in [5.41, 5.74) is 5.44. The fraction of sp³-hybridized carbons (Fsp3) is 0.556. The number of hydrogen-bond acceptors (Lipinski definition) is 8. The first kappa shape index (κ1) is 23.2. The van der Waals surface area contributed by atoms with E-state index in [1.165, 1.54) is 39.2 Å². The number of hydrogen-bond donors (Lipinski definition) is 2. The van der Waals surface area contributed by atoms with E-state index in [-0.39, 0.29) is 12.3 Å². The van der Waals surface area contributed by atoms with Crippen molar-refractivity contribution in [3.8, 4) is 5.75 Å². The van der Waals surface area contributed by atoms with Crippen LogP contribution in [0.5, 0.6) is 5.75 Å². The van der Waals surface area contributed by atoms with Crippen molar-refractivity contribution in [3.05, 3.63) is 24.3 Å². The average molecular weight is 431 g/mol. The second kappa shape index (κ2) is 9.18. The standard InChI is InChI=1S/C18H27N3O7S/c1-13(2)17(18(19)23)21(24,16(22)12-20-8-10-28-11-9-20)29(25,26)15-7-5-4-6-14(15)27-3/h4-7,13,17,24H,8-12H2,1-3H3,(H-,19,23)/p+1/t17-,21?/m1/s1. The first-order valence-corrected chi connectivity index (χ1v) is 10.6. The fourth-order valence-corrected chi connectivity index (χ4v) is 5.31. The van der Waals surface area contributed by atoms with Gasteiger partial charge in [0.25, 0.3) is 5.91 Å². The van der Waals surface area contributed by atoms with Gasteiger partial charge in [-0.15, -0.1) is 0 Å². The number of para-hydroxylation sites is 1. The number of carbonyl (C=O) groups excluding carboxylic acids is 2. The summed E-state index contributed by atoms with van der Waals surface area (Å²) in [6, 6.07) is 3.86. The van der Waals surface area contributed by atoms with Crippen molar-refractivity contribution in [2.75, 3.05) is 40.0 Å². The van der Waals surface area contributed by atoms with Crippen molar-refractivity contribution in [1.82, 2.24) is 4.90 Å². The lowest BCUT2D eigenvalue weighted by molar-refractivity contribution is -0.951. The highest BCUT2D eigenvalue weighted by Crippen LogP contribution is 2.34. The number of nitrogens with zero attached hydrogens (tertiary/aromatic N) is 2. The molecule has 2 atom stereocenters. The van der Waals surface area contributed by atoms with E-state index in [0.717, 1.165) is 0 Å². The van der Waals surface area contributed by atoms with Gasteiger partial charge in [0.2, 0.25) is 6.04 Å². The molecule has 0 saturated carbocycles. The zero-order valence-electron chi connectivity index (χ0n) is 16.8. The van der Waals surface area contributed by atoms with Crippen LogP contribution >= 0.6 is 0 Å². The third-order valence-electron chi connectivity index (χ3n) is 4.83. The van der Waals surface area contributed by atoms with Crippen LogP contribution in [-0.2, 0) is 24.3 Å². The molecule has 1 saturated heterocycles. The van der Waals surface area contributed by atoms with Gasteiger partial charge in [-0.3, -0.25) is 9.69 Å². The molecule has 1 heterocycles. The number of morpholine rings is 1. The summed E-state index contributed by atoms with van der Waals surface area (Å²) in [5.74, 6) is -2.97. The van der Waals surface area contributed by atoms with Gasteiger partial charge in [-0.2, -0.15) is 13.6 Å². The van der Waals surface area contributed by atoms with Gasteiger partial charge in [-0.05, 0) is 16.2 Å². The minimum absolute atomic E-state index is 0.0600. The number of nitrogens with two attached hydrogens (primary N) is 1. The number of methoxy groups -OCH3 is 1. The van der Waals surface area contributed by atoms with Gasteiger partial charge in [0, 0.05) is 19.0 Å². The number of carbonyl (C=O) groups is 2. The molecule has 162 valence electrons. The Morgan fingerprint density at radius 1 is 1.28 bits per heavy atom. The molecule has 1 fully saturated rings. The summed E-state index contributed by atoms with van der Waals surface area (Å²) in [6.45, 7) is 4.18. The van der Waals surface area contributed by atoms with Crippen LogP contribution in [0.1, 0.15) is 13.8 Å². The molecule has 0 aliphatic carbocycles. The monoisotopic (exact) mass is 430 g/mol. The Bertz CT molecular complexity index is 853. The molecule has 0 radical (unpaired) electrons. The van der Waals surface area contributed by atoms with E-state index in [0.29, 0.717) is 26.3 Å². The molecular weight excluding hydrogens is 402 g/mol. The fourth-order valence-electron chi connectivity index (χ4n) is 3.38. The number of benzene rings is 1. The summed E-state index contributed by atoms with van der Waals surface area (Å²) >= 11 is 0. The lowest BCUT2D eigenvalue weighted by atomic mass is 10.0. The summed E-state index contributed by atoms with van der Waals surface area (Å²) in [5, 5.41) is 11.4. The Morgan fingerprint density at radius 3 is 2.38 bits per heavy atom. The van der Waals surface area contributed by atoms with Crippen molar-refractivity contribution < 1.29 is 36.7 Å². The maximum Gasteiger partial charge on any atom is 0.376 e. The number of amides is 2. The molecule has 11 heteroatoms. The van der Waals surface area contributed by atoms with Gasteiger partial charge in [0.15, 0.2) is 4.90 Å². The number of ether oxygens (including phenoxy) is 2. The Labute approximate surface area is 170 Å². The molecule has 1 aliphatic heterocycles. The molecule has 2 rings (SSSR count). The summed E-state index contributed by atoms with van der Waals surface area (Å²) in [7, 11) is -3.56. The van der Waals surface area contributed by atoms with Crippen LogP contribution in [0, 0.1) is 5.92 Å². The molecule has 1 aliphatic rings. The van der Waals surface area contributed by atoms with E-state index >= 15 is 0 Å². The van der Waals surface area contributed by atoms with Gasteiger partial charge in [0.05, 0.1) is 20.3 Å². The third kappa shape index (κ3) is 4.43. The molecule has 29 heavy (non-hydrogen) atoms. The quantitative estimate of drug-likeness (QED) is 0.333. The normalized spacial score (nSPS) is 18.8. The molecule has 2 amide bonds. The zero-order valence-corrected chi connectivity index (χ0v) is 17.6. The van der Waals surface area contributed by atoms with Gasteiger partial charge in [-0.1, -0.05) is 26.0 Å². The summed E-state index contributed by atoms with van der Waals surface area (Å²) in [6.07, 6.45) is 0. The summed E-state index contributed by atoms with van der Waals surface area (Å²) < 4.78 is 35.3. The number of primary amides is 1. The number of sulfonamides is 1. The highest BCUT2D eigenvalue weighted by atomic mass is 32.2. The molecule has 1 aromatic rings. The molecular formula is C18H28N3O7S+. The maximum atomic E-state index is 13.5. The smallest absolute Gasteiger partial charge is 0.376 e. The Hall–Kier alpha value is -2.05. The van der Waals surface area contributed by atoms with Crippen LogP contribution in [0.3, 0.4) is 0 Å². The van der Waals surface area contributed by atoms with Crippen LogP contribution in [0.15, 0.2) is 29.2 Å². The van der Waals surface area contributed by atoms with Crippen molar-refractivity contribution in [3.63, 3.8) is 0 Å². The first-order valence-electron chi connectivity index (χ1n) is 9.19. The van der Waals surface area contributed by atoms with Gasteiger partial charge in [-0.25, -0.2) is 4.79 Å². The predicted molar refractivity (Wildman–Crippen MR) is 102 cm³/mol. The van der Waals surface area contributed by atoms with Gasteiger partial charge >= 0.3 is 15.9 Å². The second-order valence-electron chi connectivity index (χ2n) is 7.12. The zero-order chi connectivity index (χ0) is 21.8. The van der Waals surface area contributed by atoms with E-state index in [2.05, 4.69) is 0 Å². The van der Waals surface area contributed by atoms with Crippen LogP contribution in [0.25, 0.3) is 0 Å². The Balaban J connectivity index is 2.62. The number of hydroxylamine groups is 2. The molecule has 0 aromatic heterocycles. The maximum absolute atomic E-state index is 13.5. The van der Waals surface area contributed by atoms with Crippen molar-refractivity contribution in [2.45, 2.75) is 24.8 Å². The van der Waals surface area contributed by atoms with Crippen LogP contribution in [-0.4, -0.2) is 80.4 Å². The SMILES string of the molecule is COc1ccccc1S(=O)(=O)[N+](O)(C(=O)CN1CCOCC1)[C@@H](C(N)=O)C(C)C. The van der Waals surface area contributed by atoms with Crippen LogP contribution in [0.4, 0.5) is 0 Å². The van der Waals surface area contributed by atoms with Crippen molar-refractivity contribution >= 4 is 21.8 Å². The van der Waals surface area contributed by atoms with E-state index in [1.54, 1.807) is 11.0 Å². The lowest BCUT2D eigenvalue weighted by Gasteiger charge is -2.35. The van der Waals surface area contributed by atoms with Gasteiger partial charge < -0.3 is 15.2 Å². The molecule has 0 bridgehead atoms. The highest BCUT2D eigenvalue weighted by molar-refractivity contribution is 7.86. The van der Waals surface area contributed by atoms with E-state index in [1.807, 2.05) is 0 Å².